The Morgan fingerprint density at radius 3 is 2.61 bits per heavy atom. The number of pyridine rings is 1. The molecular formula is C22H23F3N4O2. The predicted octanol–water partition coefficient (Wildman–Crippen LogP) is 4.43. The summed E-state index contributed by atoms with van der Waals surface area (Å²) in [6.45, 7) is 4.70. The lowest BCUT2D eigenvalue weighted by Gasteiger charge is -2.25. The minimum Gasteiger partial charge on any atom is -0.447 e. The minimum atomic E-state index is -4.39. The van der Waals surface area contributed by atoms with Crippen molar-refractivity contribution >= 4 is 5.91 Å². The van der Waals surface area contributed by atoms with Gasteiger partial charge < -0.3 is 9.73 Å². The van der Waals surface area contributed by atoms with Crippen LogP contribution in [-0.2, 0) is 25.8 Å². The average molecular weight is 432 g/mol. The molecule has 1 aromatic carbocycles. The third kappa shape index (κ3) is 6.39. The second-order valence-corrected chi connectivity index (χ2v) is 7.37. The first-order valence-electron chi connectivity index (χ1n) is 9.74. The van der Waals surface area contributed by atoms with Gasteiger partial charge in [-0.1, -0.05) is 24.3 Å². The first-order valence-corrected chi connectivity index (χ1v) is 9.74. The maximum Gasteiger partial charge on any atom is 0.416 e. The number of alkyl halides is 3. The molecule has 0 saturated heterocycles. The molecular weight excluding hydrogens is 409 g/mol. The van der Waals surface area contributed by atoms with Crippen LogP contribution in [-0.4, -0.2) is 26.8 Å². The second kappa shape index (κ2) is 9.74. The first kappa shape index (κ1) is 22.5. The highest BCUT2D eigenvalue weighted by Crippen LogP contribution is 2.30. The maximum absolute atomic E-state index is 13.0. The lowest BCUT2D eigenvalue weighted by atomic mass is 10.1. The number of aromatic nitrogens is 2. The van der Waals surface area contributed by atoms with Gasteiger partial charge in [-0.05, 0) is 37.1 Å². The topological polar surface area (TPSA) is 71.3 Å². The summed E-state index contributed by atoms with van der Waals surface area (Å²) in [6.07, 6.45) is 0.188. The predicted molar refractivity (Wildman–Crippen MR) is 108 cm³/mol. The monoisotopic (exact) mass is 432 g/mol. The second-order valence-electron chi connectivity index (χ2n) is 7.37. The van der Waals surface area contributed by atoms with Crippen molar-refractivity contribution in [1.82, 2.24) is 20.2 Å². The van der Waals surface area contributed by atoms with Crippen LogP contribution in [0.1, 0.15) is 46.9 Å². The highest BCUT2D eigenvalue weighted by Gasteiger charge is 2.30. The lowest BCUT2D eigenvalue weighted by molar-refractivity contribution is -0.137. The van der Waals surface area contributed by atoms with Crippen LogP contribution in [0.15, 0.2) is 59.5 Å². The van der Waals surface area contributed by atoms with Gasteiger partial charge in [-0.3, -0.25) is 14.7 Å². The fourth-order valence-electron chi connectivity index (χ4n) is 2.94. The van der Waals surface area contributed by atoms with E-state index >= 15 is 0 Å². The zero-order chi connectivity index (χ0) is 22.4. The van der Waals surface area contributed by atoms with E-state index in [0.29, 0.717) is 18.0 Å². The van der Waals surface area contributed by atoms with Crippen LogP contribution in [0.3, 0.4) is 0 Å². The molecule has 3 aromatic rings. The van der Waals surface area contributed by atoms with Crippen molar-refractivity contribution in [1.29, 1.82) is 0 Å². The van der Waals surface area contributed by atoms with Crippen molar-refractivity contribution in [3.8, 4) is 0 Å². The summed E-state index contributed by atoms with van der Waals surface area (Å²) in [5.74, 6) is -0.0694. The van der Waals surface area contributed by atoms with Crippen molar-refractivity contribution in [3.63, 3.8) is 0 Å². The zero-order valence-corrected chi connectivity index (χ0v) is 17.2. The van der Waals surface area contributed by atoms with E-state index in [1.807, 2.05) is 24.8 Å². The van der Waals surface area contributed by atoms with E-state index in [1.165, 1.54) is 12.3 Å². The molecule has 0 aliphatic rings. The summed E-state index contributed by atoms with van der Waals surface area (Å²) in [4.78, 5) is 22.4. The fraction of sp³-hybridized carbons (Fsp3) is 0.318. The molecule has 9 heteroatoms. The largest absolute Gasteiger partial charge is 0.447 e. The van der Waals surface area contributed by atoms with Crippen molar-refractivity contribution < 1.29 is 22.4 Å². The van der Waals surface area contributed by atoms with Gasteiger partial charge >= 0.3 is 6.18 Å². The molecule has 0 unspecified atom stereocenters. The molecule has 2 aromatic heterocycles. The molecule has 0 bridgehead atoms. The molecule has 0 saturated carbocycles. The molecule has 31 heavy (non-hydrogen) atoms. The molecule has 1 N–H and O–H groups in total. The number of hydrogen-bond donors (Lipinski definition) is 1. The highest BCUT2D eigenvalue weighted by molar-refractivity contribution is 5.91. The molecule has 164 valence electrons. The first-order chi connectivity index (χ1) is 14.7. The number of nitrogens with zero attached hydrogens (tertiary/aromatic N) is 3. The molecule has 0 atom stereocenters. The number of oxazole rings is 1. The number of amides is 1. The SMILES string of the molecule is CC(C)N(Cc1cccc(C(F)(F)F)c1)Cc1nc(C(=O)NCc2cccnc2)co1. The maximum atomic E-state index is 13.0. The molecule has 0 radical (unpaired) electrons. The summed E-state index contributed by atoms with van der Waals surface area (Å²) in [5.41, 5.74) is 0.843. The van der Waals surface area contributed by atoms with Crippen LogP contribution in [0.5, 0.6) is 0 Å². The fourth-order valence-corrected chi connectivity index (χ4v) is 2.94. The Bertz CT molecular complexity index is 1000. The number of halogens is 3. The van der Waals surface area contributed by atoms with Gasteiger partial charge in [-0.15, -0.1) is 0 Å². The number of hydrogen-bond acceptors (Lipinski definition) is 5. The van der Waals surface area contributed by atoms with Crippen LogP contribution in [0, 0.1) is 0 Å². The summed E-state index contributed by atoms with van der Waals surface area (Å²) < 4.78 is 44.4. The van der Waals surface area contributed by atoms with E-state index in [9.17, 15) is 18.0 Å². The average Bonchev–Trinajstić information content (AvgIpc) is 3.20. The van der Waals surface area contributed by atoms with E-state index in [2.05, 4.69) is 15.3 Å². The Balaban J connectivity index is 1.63. The molecule has 0 aliphatic heterocycles. The van der Waals surface area contributed by atoms with Gasteiger partial charge in [0, 0.05) is 31.5 Å². The summed E-state index contributed by atoms with van der Waals surface area (Å²) in [6, 6.07) is 8.88. The Kier molecular flexibility index (Phi) is 7.06. The molecule has 2 heterocycles. The quantitative estimate of drug-likeness (QED) is 0.570. The summed E-state index contributed by atoms with van der Waals surface area (Å²) in [5, 5.41) is 2.74. The van der Waals surface area contributed by atoms with Gasteiger partial charge in [-0.2, -0.15) is 13.2 Å². The van der Waals surface area contributed by atoms with Gasteiger partial charge in [0.05, 0.1) is 12.1 Å². The summed E-state index contributed by atoms with van der Waals surface area (Å²) >= 11 is 0. The Morgan fingerprint density at radius 2 is 1.94 bits per heavy atom. The van der Waals surface area contributed by atoms with E-state index in [-0.39, 0.29) is 30.7 Å². The zero-order valence-electron chi connectivity index (χ0n) is 17.2. The van der Waals surface area contributed by atoms with Crippen LogP contribution in [0.4, 0.5) is 13.2 Å². The molecule has 3 rings (SSSR count). The van der Waals surface area contributed by atoms with Gasteiger partial charge in [0.15, 0.2) is 5.69 Å². The standard InChI is InChI=1S/C22H23F3N4O2/c1-15(2)29(12-16-5-3-7-18(9-16)22(23,24)25)13-20-28-19(14-31-20)21(30)27-11-17-6-4-8-26-10-17/h3-10,14-15H,11-13H2,1-2H3,(H,27,30). The third-order valence-electron chi connectivity index (χ3n) is 4.67. The highest BCUT2D eigenvalue weighted by atomic mass is 19.4. The van der Waals surface area contributed by atoms with Gasteiger partial charge in [0.1, 0.15) is 6.26 Å². The van der Waals surface area contributed by atoms with E-state index in [1.54, 1.807) is 24.5 Å². The number of carbonyl (C=O) groups excluding carboxylic acids is 1. The minimum absolute atomic E-state index is 0.0179. The molecule has 0 aliphatic carbocycles. The van der Waals surface area contributed by atoms with Crippen LogP contribution < -0.4 is 5.32 Å². The van der Waals surface area contributed by atoms with Gasteiger partial charge in [0.25, 0.3) is 5.91 Å². The Hall–Kier alpha value is -3.20. The van der Waals surface area contributed by atoms with Crippen molar-refractivity contribution in [2.75, 3.05) is 0 Å². The lowest BCUT2D eigenvalue weighted by Crippen LogP contribution is -2.30. The van der Waals surface area contributed by atoms with E-state index in [4.69, 9.17) is 4.42 Å². The van der Waals surface area contributed by atoms with Crippen molar-refractivity contribution in [3.05, 3.63) is 83.3 Å². The van der Waals surface area contributed by atoms with Crippen molar-refractivity contribution in [2.45, 2.75) is 45.7 Å². The van der Waals surface area contributed by atoms with Crippen LogP contribution in [0.25, 0.3) is 0 Å². The smallest absolute Gasteiger partial charge is 0.416 e. The third-order valence-corrected chi connectivity index (χ3v) is 4.67. The van der Waals surface area contributed by atoms with E-state index in [0.717, 1.165) is 17.7 Å². The Morgan fingerprint density at radius 1 is 1.16 bits per heavy atom. The molecule has 1 amide bonds. The van der Waals surface area contributed by atoms with Crippen LogP contribution in [0.2, 0.25) is 0 Å². The Labute approximate surface area is 178 Å². The van der Waals surface area contributed by atoms with Crippen molar-refractivity contribution in [2.24, 2.45) is 0 Å². The van der Waals surface area contributed by atoms with Gasteiger partial charge in [-0.25, -0.2) is 4.98 Å². The number of benzene rings is 1. The number of nitrogens with one attached hydrogen (secondary N) is 1. The van der Waals surface area contributed by atoms with Gasteiger partial charge in [0.2, 0.25) is 5.89 Å². The van der Waals surface area contributed by atoms with Crippen LogP contribution >= 0.6 is 0 Å². The normalized spacial score (nSPS) is 11.8. The summed E-state index contributed by atoms with van der Waals surface area (Å²) in [7, 11) is 0. The number of rotatable bonds is 8. The van der Waals surface area contributed by atoms with E-state index < -0.39 is 11.7 Å². The molecule has 0 spiro atoms. The molecule has 6 nitrogen and oxygen atoms in total. The molecule has 0 fully saturated rings. The number of carbonyl (C=O) groups is 1.